The van der Waals surface area contributed by atoms with Crippen molar-refractivity contribution in [3.8, 4) is 0 Å². The molecule has 146 valence electrons. The molecule has 1 fully saturated rings. The lowest BCUT2D eigenvalue weighted by Crippen LogP contribution is -2.34. The van der Waals surface area contributed by atoms with Crippen LogP contribution in [0.2, 0.25) is 0 Å². The maximum Gasteiger partial charge on any atom is 0.255 e. The van der Waals surface area contributed by atoms with Gasteiger partial charge in [-0.3, -0.25) is 9.36 Å². The van der Waals surface area contributed by atoms with Crippen LogP contribution in [-0.2, 0) is 25.9 Å². The zero-order valence-electron chi connectivity index (χ0n) is 16.6. The maximum absolute atomic E-state index is 13.4. The predicted octanol–water partition coefficient (Wildman–Crippen LogP) is 3.57. The van der Waals surface area contributed by atoms with E-state index in [9.17, 15) is 4.79 Å². The van der Waals surface area contributed by atoms with Gasteiger partial charge in [0.1, 0.15) is 5.65 Å². The molecule has 2 aromatic heterocycles. The molecule has 5 rings (SSSR count). The van der Waals surface area contributed by atoms with Crippen molar-refractivity contribution in [2.75, 3.05) is 7.05 Å². The van der Waals surface area contributed by atoms with E-state index in [4.69, 9.17) is 5.10 Å². The molecule has 0 bridgehead atoms. The molecule has 3 aromatic rings. The highest BCUT2D eigenvalue weighted by molar-refractivity contribution is 5.81. The highest BCUT2D eigenvalue weighted by Gasteiger charge is 2.28. The van der Waals surface area contributed by atoms with Gasteiger partial charge in [-0.2, -0.15) is 5.10 Å². The SMILES string of the molecule is CNCc1ccc(Cn2ncc3c4c(c(=O)n(C5CCC5)c32)CCCC4)cc1. The van der Waals surface area contributed by atoms with E-state index in [1.54, 1.807) is 0 Å². The Kier molecular flexibility index (Phi) is 4.55. The summed E-state index contributed by atoms with van der Waals surface area (Å²) in [5, 5.41) is 9.13. The van der Waals surface area contributed by atoms with E-state index in [1.165, 1.54) is 34.9 Å². The smallest absolute Gasteiger partial charge is 0.255 e. The van der Waals surface area contributed by atoms with Crippen molar-refractivity contribution in [3.63, 3.8) is 0 Å². The number of nitrogens with one attached hydrogen (secondary N) is 1. The van der Waals surface area contributed by atoms with Crippen LogP contribution in [0.5, 0.6) is 0 Å². The Bertz CT molecular complexity index is 1060. The van der Waals surface area contributed by atoms with Crippen LogP contribution in [0.1, 0.15) is 60.4 Å². The van der Waals surface area contributed by atoms with Gasteiger partial charge in [-0.05, 0) is 68.7 Å². The Morgan fingerprint density at radius 2 is 1.75 bits per heavy atom. The molecule has 1 N–H and O–H groups in total. The van der Waals surface area contributed by atoms with Crippen LogP contribution in [0, 0.1) is 0 Å². The summed E-state index contributed by atoms with van der Waals surface area (Å²) >= 11 is 0. The molecule has 5 nitrogen and oxygen atoms in total. The second kappa shape index (κ2) is 7.21. The zero-order chi connectivity index (χ0) is 19.1. The molecule has 0 spiro atoms. The van der Waals surface area contributed by atoms with E-state index in [1.807, 2.05) is 13.2 Å². The summed E-state index contributed by atoms with van der Waals surface area (Å²) in [6, 6.07) is 9.02. The summed E-state index contributed by atoms with van der Waals surface area (Å²) < 4.78 is 4.14. The molecule has 5 heteroatoms. The Morgan fingerprint density at radius 1 is 1.04 bits per heavy atom. The molecule has 0 aliphatic heterocycles. The topological polar surface area (TPSA) is 51.9 Å². The van der Waals surface area contributed by atoms with Crippen molar-refractivity contribution < 1.29 is 0 Å². The van der Waals surface area contributed by atoms with Gasteiger partial charge in [-0.1, -0.05) is 24.3 Å². The van der Waals surface area contributed by atoms with Gasteiger partial charge in [0, 0.05) is 23.5 Å². The predicted molar refractivity (Wildman–Crippen MR) is 112 cm³/mol. The molecule has 0 radical (unpaired) electrons. The molecule has 0 unspecified atom stereocenters. The van der Waals surface area contributed by atoms with Gasteiger partial charge in [0.15, 0.2) is 0 Å². The Balaban J connectivity index is 1.61. The lowest BCUT2D eigenvalue weighted by atomic mass is 9.88. The summed E-state index contributed by atoms with van der Waals surface area (Å²) in [7, 11) is 1.96. The number of fused-ring (bicyclic) bond motifs is 3. The summed E-state index contributed by atoms with van der Waals surface area (Å²) in [6.45, 7) is 1.58. The highest BCUT2D eigenvalue weighted by atomic mass is 16.1. The minimum Gasteiger partial charge on any atom is -0.316 e. The first-order chi connectivity index (χ1) is 13.8. The van der Waals surface area contributed by atoms with E-state index in [2.05, 4.69) is 38.8 Å². The third kappa shape index (κ3) is 2.89. The minimum atomic E-state index is 0.248. The van der Waals surface area contributed by atoms with Crippen LogP contribution in [-0.4, -0.2) is 21.4 Å². The number of pyridine rings is 1. The van der Waals surface area contributed by atoms with E-state index in [0.29, 0.717) is 12.6 Å². The second-order valence-electron chi connectivity index (χ2n) is 8.31. The number of aromatic nitrogens is 3. The normalized spacial score (nSPS) is 16.9. The average Bonchev–Trinajstić information content (AvgIpc) is 3.09. The van der Waals surface area contributed by atoms with Crippen LogP contribution in [0.4, 0.5) is 0 Å². The van der Waals surface area contributed by atoms with Crippen molar-refractivity contribution in [1.29, 1.82) is 0 Å². The number of hydrogen-bond donors (Lipinski definition) is 1. The third-order valence-electron chi connectivity index (χ3n) is 6.49. The monoisotopic (exact) mass is 376 g/mol. The molecular weight excluding hydrogens is 348 g/mol. The Morgan fingerprint density at radius 3 is 2.43 bits per heavy atom. The average molecular weight is 377 g/mol. The fourth-order valence-electron chi connectivity index (χ4n) is 4.76. The molecule has 1 saturated carbocycles. The number of rotatable bonds is 5. The van der Waals surface area contributed by atoms with Gasteiger partial charge in [0.2, 0.25) is 0 Å². The number of hydrogen-bond acceptors (Lipinski definition) is 3. The molecule has 0 amide bonds. The van der Waals surface area contributed by atoms with Crippen molar-refractivity contribution in [3.05, 3.63) is 63.1 Å². The second-order valence-corrected chi connectivity index (χ2v) is 8.31. The van der Waals surface area contributed by atoms with Crippen LogP contribution in [0.3, 0.4) is 0 Å². The molecule has 0 saturated heterocycles. The van der Waals surface area contributed by atoms with Gasteiger partial charge >= 0.3 is 0 Å². The fourth-order valence-corrected chi connectivity index (χ4v) is 4.76. The molecule has 1 aromatic carbocycles. The number of nitrogens with zero attached hydrogens (tertiary/aromatic N) is 3. The molecule has 0 atom stereocenters. The minimum absolute atomic E-state index is 0.248. The quantitative estimate of drug-likeness (QED) is 0.741. The van der Waals surface area contributed by atoms with Gasteiger partial charge in [-0.25, -0.2) is 4.68 Å². The fraction of sp³-hybridized carbons (Fsp3) is 0.478. The largest absolute Gasteiger partial charge is 0.316 e. The molecule has 2 aliphatic rings. The van der Waals surface area contributed by atoms with Crippen molar-refractivity contribution in [2.24, 2.45) is 0 Å². The molecule has 2 heterocycles. The highest BCUT2D eigenvalue weighted by Crippen LogP contribution is 2.35. The first kappa shape index (κ1) is 17.7. The first-order valence-electron chi connectivity index (χ1n) is 10.6. The standard InChI is InChI=1S/C23H28N4O/c1-24-13-16-9-11-17(12-10-16)15-26-22-21(14-25-26)19-7-2-3-8-20(19)23(28)27(22)18-5-4-6-18/h9-12,14,18,24H,2-8,13,15H2,1H3. The lowest BCUT2D eigenvalue weighted by Gasteiger charge is -2.30. The lowest BCUT2D eigenvalue weighted by molar-refractivity contribution is 0.309. The summed E-state index contributed by atoms with van der Waals surface area (Å²) in [6.07, 6.45) is 9.68. The van der Waals surface area contributed by atoms with Gasteiger partial charge < -0.3 is 5.32 Å². The summed E-state index contributed by atoms with van der Waals surface area (Å²) in [5.41, 5.74) is 6.10. The van der Waals surface area contributed by atoms with E-state index in [-0.39, 0.29) is 5.56 Å². The number of benzene rings is 1. The van der Waals surface area contributed by atoms with Crippen LogP contribution < -0.4 is 10.9 Å². The van der Waals surface area contributed by atoms with Gasteiger partial charge in [-0.15, -0.1) is 0 Å². The maximum atomic E-state index is 13.4. The Hall–Kier alpha value is -2.40. The van der Waals surface area contributed by atoms with Crippen LogP contribution in [0.15, 0.2) is 35.3 Å². The molecule has 28 heavy (non-hydrogen) atoms. The first-order valence-corrected chi connectivity index (χ1v) is 10.6. The van der Waals surface area contributed by atoms with Gasteiger partial charge in [0.05, 0.1) is 12.7 Å². The Labute approximate surface area is 165 Å². The van der Waals surface area contributed by atoms with Crippen molar-refractivity contribution >= 4 is 11.0 Å². The van der Waals surface area contributed by atoms with Crippen LogP contribution in [0.25, 0.3) is 11.0 Å². The molecular formula is C23H28N4O. The van der Waals surface area contributed by atoms with Crippen molar-refractivity contribution in [2.45, 2.75) is 64.1 Å². The molecule has 2 aliphatic carbocycles. The summed E-state index contributed by atoms with van der Waals surface area (Å²) in [5.74, 6) is 0. The number of aryl methyl sites for hydroxylation is 1. The van der Waals surface area contributed by atoms with E-state index < -0.39 is 0 Å². The zero-order valence-corrected chi connectivity index (χ0v) is 16.6. The third-order valence-corrected chi connectivity index (χ3v) is 6.49. The van der Waals surface area contributed by atoms with E-state index in [0.717, 1.165) is 49.9 Å². The van der Waals surface area contributed by atoms with Gasteiger partial charge in [0.25, 0.3) is 5.56 Å². The van der Waals surface area contributed by atoms with Crippen LogP contribution >= 0.6 is 0 Å². The van der Waals surface area contributed by atoms with Crippen molar-refractivity contribution in [1.82, 2.24) is 19.7 Å². The summed E-state index contributed by atoms with van der Waals surface area (Å²) in [4.78, 5) is 13.4. The van der Waals surface area contributed by atoms with E-state index >= 15 is 0 Å².